The molecule has 0 aliphatic rings. The van der Waals surface area contributed by atoms with Crippen molar-refractivity contribution in [3.8, 4) is 0 Å². The first-order valence-corrected chi connectivity index (χ1v) is 8.08. The summed E-state index contributed by atoms with van der Waals surface area (Å²) >= 11 is 12.0. The molecule has 25 heavy (non-hydrogen) atoms. The molecule has 0 unspecified atom stereocenters. The van der Waals surface area contributed by atoms with E-state index < -0.39 is 5.91 Å². The summed E-state index contributed by atoms with van der Waals surface area (Å²) in [5.41, 5.74) is 4.39. The summed E-state index contributed by atoms with van der Waals surface area (Å²) in [5, 5.41) is 9.24. The van der Waals surface area contributed by atoms with E-state index in [0.717, 1.165) is 11.1 Å². The van der Waals surface area contributed by atoms with Gasteiger partial charge in [0.15, 0.2) is 5.69 Å². The molecule has 1 aromatic carbocycles. The fourth-order valence-electron chi connectivity index (χ4n) is 2.07. The Morgan fingerprint density at radius 3 is 2.76 bits per heavy atom. The average Bonchev–Trinajstić information content (AvgIpc) is 3.07. The van der Waals surface area contributed by atoms with Crippen molar-refractivity contribution in [3.05, 3.63) is 81.9 Å². The number of amides is 1. The third-order valence-corrected chi connectivity index (χ3v) is 3.89. The van der Waals surface area contributed by atoms with Crippen molar-refractivity contribution in [2.45, 2.75) is 6.54 Å². The smallest absolute Gasteiger partial charge is 0.267 e. The molecule has 2 aromatic heterocycles. The van der Waals surface area contributed by atoms with Crippen molar-refractivity contribution in [1.82, 2.24) is 20.2 Å². The lowest BCUT2D eigenvalue weighted by atomic mass is 10.2. The van der Waals surface area contributed by atoms with Crippen molar-refractivity contribution >= 4 is 35.3 Å². The topological polar surface area (TPSA) is 72.2 Å². The van der Waals surface area contributed by atoms with Crippen LogP contribution in [0.25, 0.3) is 0 Å². The highest BCUT2D eigenvalue weighted by Gasteiger charge is 2.09. The zero-order valence-corrected chi connectivity index (χ0v) is 14.4. The zero-order valence-electron chi connectivity index (χ0n) is 12.9. The molecule has 0 saturated heterocycles. The Hall–Kier alpha value is -2.70. The number of nitrogens with zero attached hydrogens (tertiary/aromatic N) is 4. The zero-order chi connectivity index (χ0) is 17.6. The summed E-state index contributed by atoms with van der Waals surface area (Å²) in [6.45, 7) is 0.434. The molecule has 6 nitrogen and oxygen atoms in total. The van der Waals surface area contributed by atoms with Crippen LogP contribution in [-0.4, -0.2) is 26.9 Å². The standard InChI is InChI=1S/C17H13Cl2N5O/c18-14-2-1-13(15(19)9-14)11-24-8-5-16(23-24)17(25)22-21-10-12-3-6-20-7-4-12/h1-10H,11H2,(H,22,25). The molecule has 2 heterocycles. The number of nitrogens with one attached hydrogen (secondary N) is 1. The third-order valence-electron chi connectivity index (χ3n) is 3.31. The molecule has 8 heteroatoms. The molecule has 1 N–H and O–H groups in total. The first kappa shape index (κ1) is 17.1. The largest absolute Gasteiger partial charge is 0.291 e. The number of halogens is 2. The van der Waals surface area contributed by atoms with Gasteiger partial charge in [0.25, 0.3) is 5.91 Å². The van der Waals surface area contributed by atoms with Gasteiger partial charge in [-0.05, 0) is 41.5 Å². The first-order valence-electron chi connectivity index (χ1n) is 7.32. The maximum Gasteiger partial charge on any atom is 0.291 e. The minimum absolute atomic E-state index is 0.261. The highest BCUT2D eigenvalue weighted by Crippen LogP contribution is 2.21. The molecule has 0 radical (unpaired) electrons. The minimum Gasteiger partial charge on any atom is -0.267 e. The van der Waals surface area contributed by atoms with Crippen LogP contribution in [0.1, 0.15) is 21.6 Å². The Balaban J connectivity index is 1.62. The molecule has 3 rings (SSSR count). The fourth-order valence-corrected chi connectivity index (χ4v) is 2.54. The van der Waals surface area contributed by atoms with E-state index in [4.69, 9.17) is 23.2 Å². The Morgan fingerprint density at radius 1 is 1.20 bits per heavy atom. The minimum atomic E-state index is -0.397. The van der Waals surface area contributed by atoms with Crippen molar-refractivity contribution in [3.63, 3.8) is 0 Å². The highest BCUT2D eigenvalue weighted by atomic mass is 35.5. The molecule has 0 saturated carbocycles. The van der Waals surface area contributed by atoms with Gasteiger partial charge in [-0.3, -0.25) is 14.5 Å². The van der Waals surface area contributed by atoms with Gasteiger partial charge in [-0.25, -0.2) is 5.43 Å². The van der Waals surface area contributed by atoms with Crippen molar-refractivity contribution < 1.29 is 4.79 Å². The van der Waals surface area contributed by atoms with E-state index in [0.29, 0.717) is 16.6 Å². The van der Waals surface area contributed by atoms with Crippen LogP contribution in [0.2, 0.25) is 10.0 Å². The van der Waals surface area contributed by atoms with Crippen LogP contribution in [0.4, 0.5) is 0 Å². The SMILES string of the molecule is O=C(NN=Cc1ccncc1)c1ccn(Cc2ccc(Cl)cc2Cl)n1. The van der Waals surface area contributed by atoms with Crippen LogP contribution in [-0.2, 0) is 6.54 Å². The van der Waals surface area contributed by atoms with E-state index in [2.05, 4.69) is 20.6 Å². The Kier molecular flexibility index (Phi) is 5.42. The average molecular weight is 374 g/mol. The number of aromatic nitrogens is 3. The van der Waals surface area contributed by atoms with Gasteiger partial charge in [0.05, 0.1) is 12.8 Å². The molecule has 0 fully saturated rings. The normalized spacial score (nSPS) is 11.0. The number of hydrogen-bond acceptors (Lipinski definition) is 4. The second kappa shape index (κ2) is 7.92. The third kappa shape index (κ3) is 4.65. The van der Waals surface area contributed by atoms with E-state index in [1.54, 1.807) is 53.6 Å². The number of hydrazone groups is 1. The van der Waals surface area contributed by atoms with Crippen LogP contribution in [0, 0.1) is 0 Å². The second-order valence-corrected chi connectivity index (χ2v) is 5.96. The lowest BCUT2D eigenvalue weighted by molar-refractivity contribution is 0.0949. The van der Waals surface area contributed by atoms with E-state index >= 15 is 0 Å². The molecule has 0 aliphatic carbocycles. The van der Waals surface area contributed by atoms with Crippen LogP contribution in [0.15, 0.2) is 60.1 Å². The van der Waals surface area contributed by atoms with Crippen molar-refractivity contribution in [1.29, 1.82) is 0 Å². The molecular formula is C17H13Cl2N5O. The van der Waals surface area contributed by atoms with Gasteiger partial charge in [0, 0.05) is 28.6 Å². The second-order valence-electron chi connectivity index (χ2n) is 5.11. The quantitative estimate of drug-likeness (QED) is 0.550. The monoisotopic (exact) mass is 373 g/mol. The number of hydrogen-bond donors (Lipinski definition) is 1. The van der Waals surface area contributed by atoms with E-state index in [-0.39, 0.29) is 5.69 Å². The molecule has 0 bridgehead atoms. The number of rotatable bonds is 5. The Bertz CT molecular complexity index is 908. The first-order chi connectivity index (χ1) is 12.1. The summed E-state index contributed by atoms with van der Waals surface area (Å²) in [4.78, 5) is 16.0. The van der Waals surface area contributed by atoms with Crippen LogP contribution in [0.3, 0.4) is 0 Å². The van der Waals surface area contributed by atoms with Crippen LogP contribution < -0.4 is 5.43 Å². The molecule has 0 spiro atoms. The fraction of sp³-hybridized carbons (Fsp3) is 0.0588. The van der Waals surface area contributed by atoms with Crippen LogP contribution >= 0.6 is 23.2 Å². The lowest BCUT2D eigenvalue weighted by Crippen LogP contribution is -2.18. The molecule has 126 valence electrons. The summed E-state index contributed by atoms with van der Waals surface area (Å²) in [5.74, 6) is -0.397. The van der Waals surface area contributed by atoms with E-state index in [1.165, 1.54) is 6.21 Å². The van der Waals surface area contributed by atoms with Gasteiger partial charge < -0.3 is 0 Å². The molecular weight excluding hydrogens is 361 g/mol. The van der Waals surface area contributed by atoms with Gasteiger partial charge in [0.2, 0.25) is 0 Å². The predicted octanol–water partition coefficient (Wildman–Crippen LogP) is 3.40. The highest BCUT2D eigenvalue weighted by molar-refractivity contribution is 6.35. The summed E-state index contributed by atoms with van der Waals surface area (Å²) in [6.07, 6.45) is 6.52. The maximum atomic E-state index is 12.1. The Labute approximate surface area is 154 Å². The summed E-state index contributed by atoms with van der Waals surface area (Å²) in [7, 11) is 0. The maximum absolute atomic E-state index is 12.1. The number of benzene rings is 1. The van der Waals surface area contributed by atoms with Gasteiger partial charge >= 0.3 is 0 Å². The predicted molar refractivity (Wildman–Crippen MR) is 97.1 cm³/mol. The van der Waals surface area contributed by atoms with Crippen molar-refractivity contribution in [2.24, 2.45) is 5.10 Å². The van der Waals surface area contributed by atoms with E-state index in [9.17, 15) is 4.79 Å². The molecule has 0 atom stereocenters. The van der Waals surface area contributed by atoms with Gasteiger partial charge in [0.1, 0.15) is 0 Å². The van der Waals surface area contributed by atoms with Gasteiger partial charge in [-0.2, -0.15) is 10.2 Å². The van der Waals surface area contributed by atoms with Gasteiger partial charge in [-0.1, -0.05) is 29.3 Å². The number of carbonyl (C=O) groups excluding carboxylic acids is 1. The van der Waals surface area contributed by atoms with Crippen LogP contribution in [0.5, 0.6) is 0 Å². The van der Waals surface area contributed by atoms with Crippen molar-refractivity contribution in [2.75, 3.05) is 0 Å². The van der Waals surface area contributed by atoms with Gasteiger partial charge in [-0.15, -0.1) is 0 Å². The number of pyridine rings is 1. The number of carbonyl (C=O) groups is 1. The molecule has 0 aliphatic heterocycles. The lowest BCUT2D eigenvalue weighted by Gasteiger charge is -2.05. The summed E-state index contributed by atoms with van der Waals surface area (Å²) in [6, 6.07) is 10.4. The Morgan fingerprint density at radius 2 is 2.00 bits per heavy atom. The summed E-state index contributed by atoms with van der Waals surface area (Å²) < 4.78 is 1.62. The van der Waals surface area contributed by atoms with E-state index in [1.807, 2.05) is 6.07 Å². The molecule has 3 aromatic rings. The molecule has 1 amide bonds.